The van der Waals surface area contributed by atoms with E-state index in [0.717, 1.165) is 44.9 Å². The second-order valence-electron chi connectivity index (χ2n) is 4.61. The summed E-state index contributed by atoms with van der Waals surface area (Å²) in [5.41, 5.74) is 0.624. The molecule has 1 saturated heterocycles. The summed E-state index contributed by atoms with van der Waals surface area (Å²) in [6, 6.07) is 0. The maximum atomic E-state index is 11.3. The lowest BCUT2D eigenvalue weighted by atomic mass is 10.1. The lowest BCUT2D eigenvalue weighted by Crippen LogP contribution is -2.45. The van der Waals surface area contributed by atoms with Gasteiger partial charge in [-0.25, -0.2) is 0 Å². The van der Waals surface area contributed by atoms with E-state index in [1.165, 1.54) is 6.20 Å². The maximum absolute atomic E-state index is 11.3. The van der Waals surface area contributed by atoms with Crippen LogP contribution >= 0.6 is 0 Å². The number of nitrogens with zero attached hydrogens (tertiary/aromatic N) is 3. The molecule has 1 fully saturated rings. The van der Waals surface area contributed by atoms with Crippen molar-refractivity contribution in [1.82, 2.24) is 15.0 Å². The van der Waals surface area contributed by atoms with Crippen molar-refractivity contribution in [3.63, 3.8) is 0 Å². The van der Waals surface area contributed by atoms with Gasteiger partial charge in [0.25, 0.3) is 0 Å². The normalized spacial score (nSPS) is 18.5. The molecule has 1 aromatic rings. The van der Waals surface area contributed by atoms with Gasteiger partial charge >= 0.3 is 0 Å². The zero-order valence-electron chi connectivity index (χ0n) is 10.5. The number of hydrogen-bond acceptors (Lipinski definition) is 5. The Morgan fingerprint density at radius 2 is 2.12 bits per heavy atom. The fourth-order valence-electron chi connectivity index (χ4n) is 2.06. The average molecular weight is 237 g/mol. The Hall–Kier alpha value is -1.20. The highest BCUT2D eigenvalue weighted by atomic mass is 16.5. The number of piperazine rings is 1. The third kappa shape index (κ3) is 3.14. The van der Waals surface area contributed by atoms with Crippen LogP contribution in [0.3, 0.4) is 0 Å². The number of hydrogen-bond donors (Lipinski definition) is 0. The Labute approximate surface area is 101 Å². The molecule has 2 heterocycles. The van der Waals surface area contributed by atoms with Crippen LogP contribution in [0.15, 0.2) is 10.7 Å². The van der Waals surface area contributed by atoms with Crippen molar-refractivity contribution in [2.45, 2.75) is 13.3 Å². The van der Waals surface area contributed by atoms with Gasteiger partial charge in [-0.1, -0.05) is 5.16 Å². The first-order chi connectivity index (χ1) is 8.16. The van der Waals surface area contributed by atoms with E-state index in [9.17, 15) is 4.79 Å². The smallest absolute Gasteiger partial charge is 0.164 e. The molecule has 1 aliphatic rings. The van der Waals surface area contributed by atoms with E-state index in [-0.39, 0.29) is 5.78 Å². The zero-order chi connectivity index (χ0) is 12.3. The second-order valence-corrected chi connectivity index (χ2v) is 4.61. The molecule has 1 aliphatic heterocycles. The third-order valence-corrected chi connectivity index (χ3v) is 3.28. The lowest BCUT2D eigenvalue weighted by Gasteiger charge is -2.32. The van der Waals surface area contributed by atoms with Crippen LogP contribution in [0.25, 0.3) is 0 Å². The van der Waals surface area contributed by atoms with Crippen LogP contribution in [-0.4, -0.2) is 60.5 Å². The van der Waals surface area contributed by atoms with Gasteiger partial charge in [0.2, 0.25) is 0 Å². The first-order valence-corrected chi connectivity index (χ1v) is 6.02. The molecule has 94 valence electrons. The zero-order valence-corrected chi connectivity index (χ0v) is 10.5. The highest BCUT2D eigenvalue weighted by Gasteiger charge is 2.16. The molecule has 17 heavy (non-hydrogen) atoms. The fourth-order valence-corrected chi connectivity index (χ4v) is 2.06. The Kier molecular flexibility index (Phi) is 3.91. The maximum Gasteiger partial charge on any atom is 0.164 e. The average Bonchev–Trinajstić information content (AvgIpc) is 2.76. The van der Waals surface area contributed by atoms with E-state index in [1.54, 1.807) is 6.92 Å². The molecule has 0 unspecified atom stereocenters. The summed E-state index contributed by atoms with van der Waals surface area (Å²) in [5, 5.41) is 3.70. The highest BCUT2D eigenvalue weighted by molar-refractivity contribution is 5.94. The van der Waals surface area contributed by atoms with Crippen LogP contribution in [0.4, 0.5) is 0 Å². The van der Waals surface area contributed by atoms with E-state index in [2.05, 4.69) is 22.0 Å². The standard InChI is InChI=1S/C12H19N3O2/c1-10(16)11-9-13-17-12(11)3-4-15-7-5-14(2)6-8-15/h9H,3-8H2,1-2H3. The van der Waals surface area contributed by atoms with Gasteiger partial charge in [-0.3, -0.25) is 4.79 Å². The predicted octanol–water partition coefficient (Wildman–Crippen LogP) is 0.667. The Morgan fingerprint density at radius 1 is 1.41 bits per heavy atom. The molecule has 0 spiro atoms. The van der Waals surface area contributed by atoms with E-state index in [4.69, 9.17) is 4.52 Å². The molecule has 0 bridgehead atoms. The topological polar surface area (TPSA) is 49.6 Å². The van der Waals surface area contributed by atoms with Gasteiger partial charge in [0.05, 0.1) is 11.8 Å². The molecule has 0 atom stereocenters. The van der Waals surface area contributed by atoms with Gasteiger partial charge in [-0.15, -0.1) is 0 Å². The van der Waals surface area contributed by atoms with Crippen molar-refractivity contribution < 1.29 is 9.32 Å². The van der Waals surface area contributed by atoms with E-state index >= 15 is 0 Å². The molecule has 0 aromatic carbocycles. The van der Waals surface area contributed by atoms with Gasteiger partial charge in [0.15, 0.2) is 5.78 Å². The number of ketones is 1. The number of aromatic nitrogens is 1. The lowest BCUT2D eigenvalue weighted by molar-refractivity contribution is 0.101. The largest absolute Gasteiger partial charge is 0.361 e. The number of likely N-dealkylation sites (N-methyl/N-ethyl adjacent to an activating group) is 1. The highest BCUT2D eigenvalue weighted by Crippen LogP contribution is 2.10. The van der Waals surface area contributed by atoms with Crippen molar-refractivity contribution in [2.24, 2.45) is 0 Å². The van der Waals surface area contributed by atoms with Gasteiger partial charge in [-0.2, -0.15) is 0 Å². The number of Topliss-reactive ketones (excluding diaryl/α,β-unsaturated/α-hetero) is 1. The summed E-state index contributed by atoms with van der Waals surface area (Å²) in [4.78, 5) is 16.0. The van der Waals surface area contributed by atoms with Crippen LogP contribution in [0.2, 0.25) is 0 Å². The molecular weight excluding hydrogens is 218 g/mol. The van der Waals surface area contributed by atoms with Crippen molar-refractivity contribution in [1.29, 1.82) is 0 Å². The molecule has 0 amide bonds. The van der Waals surface area contributed by atoms with Crippen LogP contribution in [0.1, 0.15) is 23.0 Å². The first-order valence-electron chi connectivity index (χ1n) is 6.02. The Bertz CT molecular complexity index is 381. The van der Waals surface area contributed by atoms with Crippen LogP contribution in [0.5, 0.6) is 0 Å². The van der Waals surface area contributed by atoms with Crippen LogP contribution < -0.4 is 0 Å². The number of carbonyl (C=O) groups excluding carboxylic acids is 1. The van der Waals surface area contributed by atoms with Crippen LogP contribution in [-0.2, 0) is 6.42 Å². The number of carbonyl (C=O) groups is 1. The summed E-state index contributed by atoms with van der Waals surface area (Å²) < 4.78 is 5.13. The quantitative estimate of drug-likeness (QED) is 0.720. The minimum absolute atomic E-state index is 0.0274. The van der Waals surface area contributed by atoms with Gasteiger partial charge in [-0.05, 0) is 14.0 Å². The molecule has 5 heteroatoms. The third-order valence-electron chi connectivity index (χ3n) is 3.28. The van der Waals surface area contributed by atoms with Crippen molar-refractivity contribution in [3.8, 4) is 0 Å². The summed E-state index contributed by atoms with van der Waals surface area (Å²) in [6.45, 7) is 6.86. The molecule has 2 rings (SSSR count). The first kappa shape index (κ1) is 12.3. The second kappa shape index (κ2) is 5.42. The summed E-state index contributed by atoms with van der Waals surface area (Å²) >= 11 is 0. The number of rotatable bonds is 4. The van der Waals surface area contributed by atoms with Gasteiger partial charge in [0.1, 0.15) is 5.76 Å². The van der Waals surface area contributed by atoms with Crippen molar-refractivity contribution in [2.75, 3.05) is 39.8 Å². The predicted molar refractivity (Wildman–Crippen MR) is 64.1 cm³/mol. The minimum Gasteiger partial charge on any atom is -0.361 e. The minimum atomic E-state index is 0.0274. The monoisotopic (exact) mass is 237 g/mol. The summed E-state index contributed by atoms with van der Waals surface area (Å²) in [6.07, 6.45) is 2.28. The Morgan fingerprint density at radius 3 is 2.76 bits per heavy atom. The molecule has 0 N–H and O–H groups in total. The van der Waals surface area contributed by atoms with E-state index in [0.29, 0.717) is 5.56 Å². The molecule has 0 saturated carbocycles. The van der Waals surface area contributed by atoms with Gasteiger partial charge < -0.3 is 14.3 Å². The van der Waals surface area contributed by atoms with Crippen LogP contribution in [0, 0.1) is 0 Å². The molecular formula is C12H19N3O2. The summed E-state index contributed by atoms with van der Waals surface area (Å²) in [5.74, 6) is 0.746. The molecule has 1 aromatic heterocycles. The molecule has 5 nitrogen and oxygen atoms in total. The van der Waals surface area contributed by atoms with E-state index < -0.39 is 0 Å². The van der Waals surface area contributed by atoms with Gasteiger partial charge in [0, 0.05) is 39.1 Å². The molecule has 0 radical (unpaired) electrons. The van der Waals surface area contributed by atoms with Crippen molar-refractivity contribution in [3.05, 3.63) is 17.5 Å². The van der Waals surface area contributed by atoms with Crippen molar-refractivity contribution >= 4 is 5.78 Å². The van der Waals surface area contributed by atoms with E-state index in [1.807, 2.05) is 0 Å². The summed E-state index contributed by atoms with van der Waals surface area (Å²) in [7, 11) is 2.14. The fraction of sp³-hybridized carbons (Fsp3) is 0.667. The SMILES string of the molecule is CC(=O)c1cnoc1CCN1CCN(C)CC1. The molecule has 0 aliphatic carbocycles. The Balaban J connectivity index is 1.85.